The molecule has 2 bridgehead atoms. The van der Waals surface area contributed by atoms with Crippen LogP contribution in [0.5, 0.6) is 0 Å². The first kappa shape index (κ1) is 18.6. The number of carbonyl (C=O) groups is 1. The van der Waals surface area contributed by atoms with Gasteiger partial charge in [0.2, 0.25) is 5.91 Å². The van der Waals surface area contributed by atoms with E-state index in [1.807, 2.05) is 51.9 Å². The third-order valence-corrected chi connectivity index (χ3v) is 6.89. The lowest BCUT2D eigenvalue weighted by Gasteiger charge is -2.33. The lowest BCUT2D eigenvalue weighted by Crippen LogP contribution is -2.44. The topological polar surface area (TPSA) is 74.6 Å². The zero-order chi connectivity index (χ0) is 20.0. The number of hydrogen-bond donors (Lipinski definition) is 2. The van der Waals surface area contributed by atoms with Gasteiger partial charge in [0.15, 0.2) is 0 Å². The molecule has 6 nitrogen and oxygen atoms in total. The Labute approximate surface area is 170 Å². The fourth-order valence-corrected chi connectivity index (χ4v) is 5.39. The van der Waals surface area contributed by atoms with Crippen molar-refractivity contribution in [2.45, 2.75) is 37.9 Å². The Bertz CT molecular complexity index is 965. The number of aliphatic hydroxyl groups is 1. The lowest BCUT2D eigenvalue weighted by atomic mass is 9.85. The van der Waals surface area contributed by atoms with Gasteiger partial charge in [-0.15, -0.1) is 0 Å². The van der Waals surface area contributed by atoms with Gasteiger partial charge in [0, 0.05) is 49.5 Å². The summed E-state index contributed by atoms with van der Waals surface area (Å²) in [4.78, 5) is 28.6. The van der Waals surface area contributed by atoms with Crippen molar-refractivity contribution in [2.24, 2.45) is 11.8 Å². The number of rotatable bonds is 3. The second-order valence-electron chi connectivity index (χ2n) is 8.46. The molecule has 0 saturated carbocycles. The summed E-state index contributed by atoms with van der Waals surface area (Å²) >= 11 is 0. The molecule has 2 saturated heterocycles. The Morgan fingerprint density at radius 2 is 1.83 bits per heavy atom. The summed E-state index contributed by atoms with van der Waals surface area (Å²) in [5.41, 5.74) is 2.42. The number of aromatic nitrogens is 1. The van der Waals surface area contributed by atoms with E-state index in [-0.39, 0.29) is 42.0 Å². The molecule has 1 aromatic carbocycles. The predicted molar refractivity (Wildman–Crippen MR) is 110 cm³/mol. The van der Waals surface area contributed by atoms with Gasteiger partial charge in [-0.2, -0.15) is 0 Å². The van der Waals surface area contributed by atoms with Crippen LogP contribution in [-0.2, 0) is 11.3 Å². The SMILES string of the molecule is O=C([C@H]1[C@H](CO)[C@H]2Cn3c(ccc(-c4ccccc4)c3=O)[C@@H]1N2)N1CCCCC1. The average Bonchev–Trinajstić information content (AvgIpc) is 3.07. The Hall–Kier alpha value is -2.44. The van der Waals surface area contributed by atoms with E-state index in [1.165, 1.54) is 6.42 Å². The normalized spacial score (nSPS) is 28.2. The Kier molecular flexibility index (Phi) is 4.76. The fourth-order valence-electron chi connectivity index (χ4n) is 5.39. The second-order valence-corrected chi connectivity index (χ2v) is 8.46. The van der Waals surface area contributed by atoms with Gasteiger partial charge in [0.1, 0.15) is 0 Å². The van der Waals surface area contributed by atoms with E-state index in [1.54, 1.807) is 0 Å². The molecule has 2 N–H and O–H groups in total. The fraction of sp³-hybridized carbons (Fsp3) is 0.478. The van der Waals surface area contributed by atoms with E-state index in [0.29, 0.717) is 12.1 Å². The number of nitrogens with one attached hydrogen (secondary N) is 1. The maximum atomic E-state index is 13.4. The van der Waals surface area contributed by atoms with Crippen LogP contribution in [-0.4, -0.2) is 46.2 Å². The van der Waals surface area contributed by atoms with Crippen LogP contribution in [0.15, 0.2) is 47.3 Å². The first-order valence-electron chi connectivity index (χ1n) is 10.6. The summed E-state index contributed by atoms with van der Waals surface area (Å²) in [5, 5.41) is 13.7. The first-order valence-corrected chi connectivity index (χ1v) is 10.6. The summed E-state index contributed by atoms with van der Waals surface area (Å²) in [7, 11) is 0. The van der Waals surface area contributed by atoms with Gasteiger partial charge < -0.3 is 19.9 Å². The third-order valence-electron chi connectivity index (χ3n) is 6.89. The molecule has 2 aromatic rings. The molecule has 6 heteroatoms. The van der Waals surface area contributed by atoms with E-state index in [2.05, 4.69) is 5.32 Å². The smallest absolute Gasteiger partial charge is 0.258 e. The summed E-state index contributed by atoms with van der Waals surface area (Å²) in [6, 6.07) is 13.2. The highest BCUT2D eigenvalue weighted by atomic mass is 16.3. The molecule has 1 amide bonds. The molecule has 4 atom stereocenters. The zero-order valence-electron chi connectivity index (χ0n) is 16.5. The Balaban J connectivity index is 1.54. The van der Waals surface area contributed by atoms with Gasteiger partial charge in [0.25, 0.3) is 5.56 Å². The molecule has 0 aliphatic carbocycles. The molecule has 2 fully saturated rings. The third kappa shape index (κ3) is 3.02. The van der Waals surface area contributed by atoms with Crippen molar-refractivity contribution < 1.29 is 9.90 Å². The maximum Gasteiger partial charge on any atom is 0.258 e. The van der Waals surface area contributed by atoms with Crippen molar-refractivity contribution in [3.63, 3.8) is 0 Å². The van der Waals surface area contributed by atoms with Crippen LogP contribution in [0.4, 0.5) is 0 Å². The van der Waals surface area contributed by atoms with Crippen LogP contribution in [0.1, 0.15) is 31.0 Å². The number of aliphatic hydroxyl groups excluding tert-OH is 1. The van der Waals surface area contributed by atoms with Gasteiger partial charge in [-0.05, 0) is 37.0 Å². The van der Waals surface area contributed by atoms with Crippen molar-refractivity contribution in [3.05, 3.63) is 58.5 Å². The van der Waals surface area contributed by atoms with Crippen molar-refractivity contribution >= 4 is 5.91 Å². The number of amides is 1. The summed E-state index contributed by atoms with van der Waals surface area (Å²) < 4.78 is 1.82. The van der Waals surface area contributed by atoms with Crippen LogP contribution >= 0.6 is 0 Å². The Morgan fingerprint density at radius 3 is 2.55 bits per heavy atom. The van der Waals surface area contributed by atoms with Crippen LogP contribution in [0.2, 0.25) is 0 Å². The summed E-state index contributed by atoms with van der Waals surface area (Å²) in [6.45, 7) is 2.03. The number of hydrogen-bond acceptors (Lipinski definition) is 4. The number of fused-ring (bicyclic) bond motifs is 4. The van der Waals surface area contributed by atoms with Gasteiger partial charge in [-0.3, -0.25) is 9.59 Å². The van der Waals surface area contributed by atoms with Crippen molar-refractivity contribution in [3.8, 4) is 11.1 Å². The van der Waals surface area contributed by atoms with Crippen LogP contribution in [0, 0.1) is 11.8 Å². The number of benzene rings is 1. The molecule has 0 radical (unpaired) electrons. The van der Waals surface area contributed by atoms with Crippen molar-refractivity contribution in [2.75, 3.05) is 19.7 Å². The molecule has 3 aliphatic rings. The zero-order valence-corrected chi connectivity index (χ0v) is 16.5. The molecule has 5 rings (SSSR count). The van der Waals surface area contributed by atoms with Gasteiger partial charge >= 0.3 is 0 Å². The molecule has 1 aromatic heterocycles. The van der Waals surface area contributed by atoms with Crippen LogP contribution in [0.25, 0.3) is 11.1 Å². The molecular weight excluding hydrogens is 366 g/mol. The molecular formula is C23H27N3O3. The van der Waals surface area contributed by atoms with Gasteiger partial charge in [0.05, 0.1) is 12.0 Å². The highest BCUT2D eigenvalue weighted by Gasteiger charge is 2.51. The number of pyridine rings is 1. The van der Waals surface area contributed by atoms with E-state index < -0.39 is 0 Å². The van der Waals surface area contributed by atoms with Gasteiger partial charge in [-0.1, -0.05) is 30.3 Å². The summed E-state index contributed by atoms with van der Waals surface area (Å²) in [5.74, 6) is -0.371. The minimum absolute atomic E-state index is 0.0204. The second kappa shape index (κ2) is 7.43. The van der Waals surface area contributed by atoms with Crippen molar-refractivity contribution in [1.29, 1.82) is 0 Å². The number of piperidine rings is 1. The molecule has 29 heavy (non-hydrogen) atoms. The first-order chi connectivity index (χ1) is 14.2. The average molecular weight is 393 g/mol. The van der Waals surface area contributed by atoms with E-state index in [0.717, 1.165) is 37.2 Å². The van der Waals surface area contributed by atoms with Crippen LogP contribution in [0.3, 0.4) is 0 Å². The number of carbonyl (C=O) groups excluding carboxylic acids is 1. The van der Waals surface area contributed by atoms with Crippen molar-refractivity contribution in [1.82, 2.24) is 14.8 Å². The number of likely N-dealkylation sites (tertiary alicyclic amines) is 1. The molecule has 4 heterocycles. The Morgan fingerprint density at radius 1 is 1.07 bits per heavy atom. The molecule has 0 unspecified atom stereocenters. The quantitative estimate of drug-likeness (QED) is 0.834. The minimum Gasteiger partial charge on any atom is -0.396 e. The maximum absolute atomic E-state index is 13.4. The predicted octanol–water partition coefficient (Wildman–Crippen LogP) is 1.78. The van der Waals surface area contributed by atoms with Gasteiger partial charge in [-0.25, -0.2) is 0 Å². The van der Waals surface area contributed by atoms with E-state index in [9.17, 15) is 14.7 Å². The highest BCUT2D eigenvalue weighted by molar-refractivity contribution is 5.81. The highest BCUT2D eigenvalue weighted by Crippen LogP contribution is 2.42. The standard InChI is InChI=1S/C23H27N3O3/c27-14-17-18-13-26-19(10-9-16(22(26)28)15-7-3-1-4-8-15)21(24-18)20(17)23(29)25-11-5-2-6-12-25/h1,3-4,7-10,17-18,20-21,24,27H,2,5-6,11-14H2/t17-,18-,20+,21+/m1/s1. The van der Waals surface area contributed by atoms with Crippen LogP contribution < -0.4 is 10.9 Å². The largest absolute Gasteiger partial charge is 0.396 e. The van der Waals surface area contributed by atoms with E-state index in [4.69, 9.17) is 0 Å². The molecule has 152 valence electrons. The molecule has 3 aliphatic heterocycles. The lowest BCUT2D eigenvalue weighted by molar-refractivity contribution is -0.138. The molecule has 0 spiro atoms. The number of nitrogens with zero attached hydrogens (tertiary/aromatic N) is 2. The van der Waals surface area contributed by atoms with E-state index >= 15 is 0 Å². The summed E-state index contributed by atoms with van der Waals surface area (Å²) in [6.07, 6.45) is 3.25. The minimum atomic E-state index is -0.321. The monoisotopic (exact) mass is 393 g/mol.